The number of aromatic hydroxyl groups is 1. The summed E-state index contributed by atoms with van der Waals surface area (Å²) in [6.45, 7) is 1.78. The number of pyridine rings is 1. The Bertz CT molecular complexity index is 1160. The highest BCUT2D eigenvalue weighted by molar-refractivity contribution is 6.17. The van der Waals surface area contributed by atoms with Crippen molar-refractivity contribution >= 4 is 28.6 Å². The van der Waals surface area contributed by atoms with Crippen molar-refractivity contribution in [1.29, 1.82) is 0 Å². The van der Waals surface area contributed by atoms with E-state index >= 15 is 0 Å². The molecule has 5 rings (SSSR count). The molecule has 2 aliphatic rings. The summed E-state index contributed by atoms with van der Waals surface area (Å²) < 4.78 is 7.70. The molecule has 1 aromatic carbocycles. The number of ketones is 1. The van der Waals surface area contributed by atoms with Gasteiger partial charge in [0.1, 0.15) is 22.7 Å². The van der Waals surface area contributed by atoms with Gasteiger partial charge in [0.05, 0.1) is 0 Å². The number of piperidine rings is 1. The Morgan fingerprint density at radius 3 is 2.83 bits per heavy atom. The fourth-order valence-corrected chi connectivity index (χ4v) is 4.19. The number of ether oxygens (including phenoxy) is 1. The van der Waals surface area contributed by atoms with Crippen molar-refractivity contribution in [2.24, 2.45) is 12.8 Å². The SMILES string of the molecule is Cn1cc(C=C2Oc3cccc(O)c3C2=O)c2c(N3CCC(N)CC3)ccnc21. The van der Waals surface area contributed by atoms with Crippen LogP contribution in [-0.4, -0.2) is 39.6 Å². The molecule has 0 spiro atoms. The number of benzene rings is 1. The number of nitrogens with two attached hydrogens (primary N) is 1. The Hall–Kier alpha value is -3.32. The highest BCUT2D eigenvalue weighted by Gasteiger charge is 2.31. The molecule has 2 aliphatic heterocycles. The van der Waals surface area contributed by atoms with Crippen molar-refractivity contribution in [1.82, 2.24) is 9.55 Å². The monoisotopic (exact) mass is 390 g/mol. The van der Waals surface area contributed by atoms with Gasteiger partial charge in [-0.05, 0) is 37.1 Å². The van der Waals surface area contributed by atoms with Gasteiger partial charge in [-0.25, -0.2) is 4.98 Å². The van der Waals surface area contributed by atoms with Crippen molar-refractivity contribution in [2.45, 2.75) is 18.9 Å². The van der Waals surface area contributed by atoms with Gasteiger partial charge in [-0.3, -0.25) is 4.79 Å². The van der Waals surface area contributed by atoms with E-state index in [1.165, 1.54) is 6.07 Å². The molecule has 0 radical (unpaired) electrons. The Morgan fingerprint density at radius 1 is 1.28 bits per heavy atom. The lowest BCUT2D eigenvalue weighted by atomic mass is 10.0. The van der Waals surface area contributed by atoms with E-state index in [4.69, 9.17) is 10.5 Å². The van der Waals surface area contributed by atoms with E-state index in [1.807, 2.05) is 30.1 Å². The molecule has 4 heterocycles. The first-order valence-corrected chi connectivity index (χ1v) is 9.73. The van der Waals surface area contributed by atoms with E-state index in [1.54, 1.807) is 18.2 Å². The Morgan fingerprint density at radius 2 is 2.07 bits per heavy atom. The van der Waals surface area contributed by atoms with Crippen LogP contribution in [0.5, 0.6) is 11.5 Å². The zero-order valence-corrected chi connectivity index (χ0v) is 16.1. The molecular formula is C22H22N4O3. The molecule has 0 amide bonds. The van der Waals surface area contributed by atoms with Gasteiger partial charge in [0.25, 0.3) is 0 Å². The van der Waals surface area contributed by atoms with Crippen molar-refractivity contribution < 1.29 is 14.6 Å². The summed E-state index contributed by atoms with van der Waals surface area (Å²) in [5.74, 6) is 0.194. The van der Waals surface area contributed by atoms with E-state index in [9.17, 15) is 9.90 Å². The summed E-state index contributed by atoms with van der Waals surface area (Å²) >= 11 is 0. The summed E-state index contributed by atoms with van der Waals surface area (Å²) in [5.41, 5.74) is 9.07. The van der Waals surface area contributed by atoms with Gasteiger partial charge in [0.2, 0.25) is 5.78 Å². The number of carbonyl (C=O) groups excluding carboxylic acids is 1. The summed E-state index contributed by atoms with van der Waals surface area (Å²) in [5, 5.41) is 11.0. The minimum atomic E-state index is -0.315. The van der Waals surface area contributed by atoms with Crippen LogP contribution in [0.15, 0.2) is 42.4 Å². The molecule has 7 nitrogen and oxygen atoms in total. The minimum Gasteiger partial charge on any atom is -0.507 e. The molecule has 2 aromatic heterocycles. The van der Waals surface area contributed by atoms with Crippen LogP contribution in [-0.2, 0) is 7.05 Å². The van der Waals surface area contributed by atoms with Crippen molar-refractivity contribution in [3.8, 4) is 11.5 Å². The molecule has 148 valence electrons. The molecule has 7 heteroatoms. The molecular weight excluding hydrogens is 368 g/mol. The normalized spacial score (nSPS) is 18.5. The van der Waals surface area contributed by atoms with Crippen molar-refractivity contribution in [3.05, 3.63) is 53.5 Å². The van der Waals surface area contributed by atoms with Crippen LogP contribution in [0.2, 0.25) is 0 Å². The largest absolute Gasteiger partial charge is 0.507 e. The first kappa shape index (κ1) is 17.8. The molecule has 0 unspecified atom stereocenters. The van der Waals surface area contributed by atoms with Crippen LogP contribution in [0.3, 0.4) is 0 Å². The van der Waals surface area contributed by atoms with Gasteiger partial charge in [0.15, 0.2) is 5.76 Å². The zero-order valence-electron chi connectivity index (χ0n) is 16.1. The van der Waals surface area contributed by atoms with Crippen LogP contribution in [0, 0.1) is 0 Å². The van der Waals surface area contributed by atoms with E-state index in [0.29, 0.717) is 5.75 Å². The number of anilines is 1. The smallest absolute Gasteiger partial charge is 0.235 e. The summed E-state index contributed by atoms with van der Waals surface area (Å²) in [7, 11) is 1.94. The second-order valence-corrected chi connectivity index (χ2v) is 7.64. The van der Waals surface area contributed by atoms with Crippen LogP contribution in [0.1, 0.15) is 28.8 Å². The maximum atomic E-state index is 12.8. The zero-order chi connectivity index (χ0) is 20.1. The Kier molecular flexibility index (Phi) is 4.06. The number of aromatic nitrogens is 2. The number of phenols is 1. The van der Waals surface area contributed by atoms with Crippen LogP contribution in [0.25, 0.3) is 17.1 Å². The van der Waals surface area contributed by atoms with Gasteiger partial charge in [-0.2, -0.15) is 0 Å². The third-order valence-electron chi connectivity index (χ3n) is 5.71. The predicted molar refractivity (Wildman–Crippen MR) is 111 cm³/mol. The minimum absolute atomic E-state index is 0.0687. The lowest BCUT2D eigenvalue weighted by Crippen LogP contribution is -2.39. The number of nitrogens with zero attached hydrogens (tertiary/aromatic N) is 3. The summed E-state index contributed by atoms with van der Waals surface area (Å²) in [4.78, 5) is 19.6. The third kappa shape index (κ3) is 2.86. The summed E-state index contributed by atoms with van der Waals surface area (Å²) in [6, 6.07) is 7.09. The van der Waals surface area contributed by atoms with Crippen LogP contribution in [0.4, 0.5) is 5.69 Å². The van der Waals surface area contributed by atoms with E-state index in [2.05, 4.69) is 9.88 Å². The molecule has 3 N–H and O–H groups in total. The molecule has 29 heavy (non-hydrogen) atoms. The fraction of sp³-hybridized carbons (Fsp3) is 0.273. The second kappa shape index (κ2) is 6.63. The molecule has 1 fully saturated rings. The molecule has 0 atom stereocenters. The number of Topliss-reactive ketones (excluding diaryl/α,β-unsaturated/α-hetero) is 1. The molecule has 0 bridgehead atoms. The van der Waals surface area contributed by atoms with Crippen LogP contribution >= 0.6 is 0 Å². The van der Waals surface area contributed by atoms with E-state index in [0.717, 1.165) is 48.2 Å². The fourth-order valence-electron chi connectivity index (χ4n) is 4.19. The van der Waals surface area contributed by atoms with Gasteiger partial charge in [-0.15, -0.1) is 0 Å². The lowest BCUT2D eigenvalue weighted by molar-refractivity contribution is 0.101. The topological polar surface area (TPSA) is 93.6 Å². The van der Waals surface area contributed by atoms with Gasteiger partial charge < -0.3 is 25.0 Å². The van der Waals surface area contributed by atoms with Crippen LogP contribution < -0.4 is 15.4 Å². The van der Waals surface area contributed by atoms with Gasteiger partial charge >= 0.3 is 0 Å². The molecule has 3 aromatic rings. The number of aryl methyl sites for hydroxylation is 1. The van der Waals surface area contributed by atoms with Crippen molar-refractivity contribution in [3.63, 3.8) is 0 Å². The molecule has 0 aliphatic carbocycles. The second-order valence-electron chi connectivity index (χ2n) is 7.64. The number of hydrogen-bond donors (Lipinski definition) is 2. The first-order valence-electron chi connectivity index (χ1n) is 9.73. The number of carbonyl (C=O) groups is 1. The third-order valence-corrected chi connectivity index (χ3v) is 5.71. The highest BCUT2D eigenvalue weighted by Crippen LogP contribution is 2.39. The lowest BCUT2D eigenvalue weighted by Gasteiger charge is -2.32. The highest BCUT2D eigenvalue weighted by atomic mass is 16.5. The quantitative estimate of drug-likeness (QED) is 0.654. The van der Waals surface area contributed by atoms with E-state index in [-0.39, 0.29) is 28.9 Å². The van der Waals surface area contributed by atoms with Gasteiger partial charge in [0, 0.05) is 55.2 Å². The molecule has 0 saturated carbocycles. The standard InChI is InChI=1S/C22H22N4O3/c1-25-12-13(11-18-21(28)20-16(27)3-2-4-17(20)29-18)19-15(5-8-24-22(19)25)26-9-6-14(23)7-10-26/h2-5,8,11-12,14,27H,6-7,9-10,23H2,1H3. The predicted octanol–water partition coefficient (Wildman–Crippen LogP) is 2.82. The maximum Gasteiger partial charge on any atom is 0.235 e. The maximum absolute atomic E-state index is 12.8. The number of allylic oxidation sites excluding steroid dienone is 1. The number of phenolic OH excluding ortho intramolecular Hbond substituents is 1. The summed E-state index contributed by atoms with van der Waals surface area (Å²) in [6.07, 6.45) is 7.40. The number of hydrogen-bond acceptors (Lipinski definition) is 6. The van der Waals surface area contributed by atoms with Gasteiger partial charge in [-0.1, -0.05) is 6.07 Å². The average Bonchev–Trinajstić information content (AvgIpc) is 3.21. The van der Waals surface area contributed by atoms with E-state index < -0.39 is 0 Å². The Labute approximate surface area is 168 Å². The van der Waals surface area contributed by atoms with Crippen molar-refractivity contribution in [2.75, 3.05) is 18.0 Å². The number of rotatable bonds is 2. The number of fused-ring (bicyclic) bond motifs is 2. The first-order chi connectivity index (χ1) is 14.0. The molecule has 1 saturated heterocycles. The average molecular weight is 390 g/mol. The Balaban J connectivity index is 1.61.